The number of nitrogens with zero attached hydrogens (tertiary/aromatic N) is 4. The van der Waals surface area contributed by atoms with Crippen molar-refractivity contribution in [1.82, 2.24) is 9.97 Å². The van der Waals surface area contributed by atoms with Crippen LogP contribution in [0.1, 0.15) is 32.9 Å². The second kappa shape index (κ2) is 5.80. The number of nitrogens with one attached hydrogen (secondary N) is 1. The van der Waals surface area contributed by atoms with Gasteiger partial charge in [0.05, 0.1) is 4.92 Å². The first-order chi connectivity index (χ1) is 9.85. The van der Waals surface area contributed by atoms with Crippen molar-refractivity contribution in [3.63, 3.8) is 0 Å². The Morgan fingerprint density at radius 2 is 2.05 bits per heavy atom. The van der Waals surface area contributed by atoms with Crippen LogP contribution in [0.5, 0.6) is 0 Å². The standard InChI is InChI=1S/C13H22N6O2/c1-7-5-8(2)10(4)18(6-7)12-11(19(20)21)9(3)15-13(16-12)17-14/h7-8,10H,5-6,14H2,1-4H3,(H,15,16,17). The minimum Gasteiger partial charge on any atom is -0.347 e. The highest BCUT2D eigenvalue weighted by molar-refractivity contribution is 5.63. The van der Waals surface area contributed by atoms with Crippen LogP contribution in [-0.2, 0) is 0 Å². The quantitative estimate of drug-likeness (QED) is 0.497. The number of piperidine rings is 1. The van der Waals surface area contributed by atoms with E-state index in [1.807, 2.05) is 4.90 Å². The van der Waals surface area contributed by atoms with Gasteiger partial charge < -0.3 is 4.90 Å². The molecule has 1 saturated heterocycles. The normalized spacial score (nSPS) is 25.8. The smallest absolute Gasteiger partial charge is 0.332 e. The minimum atomic E-state index is -0.415. The van der Waals surface area contributed by atoms with Gasteiger partial charge in [0.25, 0.3) is 0 Å². The van der Waals surface area contributed by atoms with E-state index in [-0.39, 0.29) is 17.7 Å². The van der Waals surface area contributed by atoms with Gasteiger partial charge in [0.2, 0.25) is 11.8 Å². The zero-order chi connectivity index (χ0) is 15.7. The molecule has 21 heavy (non-hydrogen) atoms. The maximum Gasteiger partial charge on any atom is 0.332 e. The fourth-order valence-electron chi connectivity index (χ4n) is 3.03. The third kappa shape index (κ3) is 2.90. The van der Waals surface area contributed by atoms with E-state index in [1.54, 1.807) is 6.92 Å². The van der Waals surface area contributed by atoms with E-state index < -0.39 is 4.92 Å². The molecule has 116 valence electrons. The molecule has 0 bridgehead atoms. The average Bonchev–Trinajstić information content (AvgIpc) is 2.41. The zero-order valence-electron chi connectivity index (χ0n) is 12.8. The zero-order valence-corrected chi connectivity index (χ0v) is 12.8. The Bertz CT molecular complexity index is 550. The largest absolute Gasteiger partial charge is 0.347 e. The van der Waals surface area contributed by atoms with E-state index in [1.165, 1.54) is 0 Å². The van der Waals surface area contributed by atoms with Gasteiger partial charge in [-0.05, 0) is 32.1 Å². The fraction of sp³-hybridized carbons (Fsp3) is 0.692. The fourth-order valence-corrected chi connectivity index (χ4v) is 3.03. The molecule has 0 aliphatic carbocycles. The topological polar surface area (TPSA) is 110 Å². The summed E-state index contributed by atoms with van der Waals surface area (Å²) in [6.45, 7) is 8.73. The minimum absolute atomic E-state index is 0.0397. The lowest BCUT2D eigenvalue weighted by molar-refractivity contribution is -0.385. The molecule has 1 fully saturated rings. The van der Waals surface area contributed by atoms with Gasteiger partial charge in [-0.2, -0.15) is 4.98 Å². The summed E-state index contributed by atoms with van der Waals surface area (Å²) in [7, 11) is 0. The molecule has 1 aromatic rings. The lowest BCUT2D eigenvalue weighted by Gasteiger charge is -2.41. The van der Waals surface area contributed by atoms with E-state index in [0.717, 1.165) is 13.0 Å². The number of aryl methyl sites for hydroxylation is 1. The monoisotopic (exact) mass is 294 g/mol. The van der Waals surface area contributed by atoms with Crippen LogP contribution in [-0.4, -0.2) is 27.5 Å². The number of rotatable bonds is 3. The van der Waals surface area contributed by atoms with Crippen LogP contribution in [0.4, 0.5) is 17.5 Å². The van der Waals surface area contributed by atoms with Gasteiger partial charge in [-0.15, -0.1) is 0 Å². The second-order valence-electron chi connectivity index (χ2n) is 5.92. The molecule has 0 aromatic carbocycles. The van der Waals surface area contributed by atoms with E-state index >= 15 is 0 Å². The van der Waals surface area contributed by atoms with Gasteiger partial charge in [0, 0.05) is 12.6 Å². The first kappa shape index (κ1) is 15.4. The summed E-state index contributed by atoms with van der Waals surface area (Å²) < 4.78 is 0. The van der Waals surface area contributed by atoms with Crippen molar-refractivity contribution >= 4 is 17.5 Å². The van der Waals surface area contributed by atoms with Gasteiger partial charge in [-0.25, -0.2) is 10.8 Å². The van der Waals surface area contributed by atoms with Gasteiger partial charge in [-0.3, -0.25) is 15.5 Å². The molecule has 3 N–H and O–H groups in total. The maximum atomic E-state index is 11.4. The summed E-state index contributed by atoms with van der Waals surface area (Å²) >= 11 is 0. The highest BCUT2D eigenvalue weighted by Gasteiger charge is 2.35. The first-order valence-electron chi connectivity index (χ1n) is 7.11. The number of nitrogen functional groups attached to an aromatic ring is 1. The van der Waals surface area contributed by atoms with Crippen LogP contribution in [0.3, 0.4) is 0 Å². The van der Waals surface area contributed by atoms with Gasteiger partial charge >= 0.3 is 5.69 Å². The summed E-state index contributed by atoms with van der Waals surface area (Å²) in [4.78, 5) is 21.3. The Balaban J connectivity index is 2.54. The first-order valence-corrected chi connectivity index (χ1v) is 7.11. The predicted molar refractivity (Wildman–Crippen MR) is 81.0 cm³/mol. The summed E-state index contributed by atoms with van der Waals surface area (Å²) in [5, 5.41) is 11.4. The molecule has 2 rings (SSSR count). The van der Waals surface area contributed by atoms with Crippen molar-refractivity contribution < 1.29 is 4.92 Å². The van der Waals surface area contributed by atoms with Gasteiger partial charge in [-0.1, -0.05) is 13.8 Å². The molecule has 0 saturated carbocycles. The third-order valence-corrected chi connectivity index (χ3v) is 4.22. The average molecular weight is 294 g/mol. The van der Waals surface area contributed by atoms with E-state index in [4.69, 9.17) is 5.84 Å². The highest BCUT2D eigenvalue weighted by Crippen LogP contribution is 2.36. The van der Waals surface area contributed by atoms with Crippen molar-refractivity contribution in [3.05, 3.63) is 15.8 Å². The SMILES string of the molecule is Cc1nc(NN)nc(N2CC(C)CC(C)C2C)c1[N+](=O)[O-]. The van der Waals surface area contributed by atoms with Crippen molar-refractivity contribution in [1.29, 1.82) is 0 Å². The Morgan fingerprint density at radius 3 is 2.62 bits per heavy atom. The molecule has 3 atom stereocenters. The van der Waals surface area contributed by atoms with Gasteiger partial charge in [0.15, 0.2) is 0 Å². The molecular formula is C13H22N6O2. The highest BCUT2D eigenvalue weighted by atomic mass is 16.6. The molecule has 0 radical (unpaired) electrons. The van der Waals surface area contributed by atoms with Crippen LogP contribution < -0.4 is 16.2 Å². The summed E-state index contributed by atoms with van der Waals surface area (Å²) in [5.74, 6) is 6.82. The molecular weight excluding hydrogens is 272 g/mol. The molecule has 1 aliphatic rings. The number of hydrogen-bond acceptors (Lipinski definition) is 7. The summed E-state index contributed by atoms with van der Waals surface area (Å²) in [5.41, 5.74) is 2.66. The van der Waals surface area contributed by atoms with Crippen molar-refractivity contribution in [2.75, 3.05) is 16.9 Å². The molecule has 0 amide bonds. The van der Waals surface area contributed by atoms with E-state index in [2.05, 4.69) is 36.2 Å². The van der Waals surface area contributed by atoms with Crippen molar-refractivity contribution in [2.24, 2.45) is 17.7 Å². The summed E-state index contributed by atoms with van der Waals surface area (Å²) in [6.07, 6.45) is 1.11. The Hall–Kier alpha value is -1.96. The number of hydrazine groups is 1. The van der Waals surface area contributed by atoms with E-state index in [9.17, 15) is 10.1 Å². The number of hydrogen-bond donors (Lipinski definition) is 2. The molecule has 3 unspecified atom stereocenters. The van der Waals surface area contributed by atoms with Crippen LogP contribution in [0, 0.1) is 28.9 Å². The predicted octanol–water partition coefficient (Wildman–Crippen LogP) is 1.85. The lowest BCUT2D eigenvalue weighted by atomic mass is 9.86. The Morgan fingerprint density at radius 1 is 1.38 bits per heavy atom. The maximum absolute atomic E-state index is 11.4. The lowest BCUT2D eigenvalue weighted by Crippen LogP contribution is -2.46. The van der Waals surface area contributed by atoms with Crippen molar-refractivity contribution in [3.8, 4) is 0 Å². The van der Waals surface area contributed by atoms with Crippen molar-refractivity contribution in [2.45, 2.75) is 40.2 Å². The van der Waals surface area contributed by atoms with Crippen LogP contribution in [0.25, 0.3) is 0 Å². The number of anilines is 2. The molecule has 0 spiro atoms. The van der Waals surface area contributed by atoms with Gasteiger partial charge in [0.1, 0.15) is 5.69 Å². The second-order valence-corrected chi connectivity index (χ2v) is 5.92. The van der Waals surface area contributed by atoms with Crippen LogP contribution in [0.15, 0.2) is 0 Å². The van der Waals surface area contributed by atoms with Crippen LogP contribution >= 0.6 is 0 Å². The molecule has 8 nitrogen and oxygen atoms in total. The number of aromatic nitrogens is 2. The third-order valence-electron chi connectivity index (χ3n) is 4.22. The number of nitro groups is 1. The molecule has 2 heterocycles. The molecule has 8 heteroatoms. The molecule has 1 aliphatic heterocycles. The number of nitrogens with two attached hydrogens (primary N) is 1. The Kier molecular flexibility index (Phi) is 4.26. The van der Waals surface area contributed by atoms with Crippen LogP contribution in [0.2, 0.25) is 0 Å². The van der Waals surface area contributed by atoms with E-state index in [0.29, 0.717) is 23.3 Å². The summed E-state index contributed by atoms with van der Waals surface area (Å²) in [6, 6.07) is 0.180. The molecule has 1 aromatic heterocycles. The Labute approximate surface area is 123 Å².